The average molecular weight is 461 g/mol. The van der Waals surface area contributed by atoms with Crippen molar-refractivity contribution in [2.45, 2.75) is 6.92 Å². The molecular formula is C26H25FN4O3. The molecule has 0 spiro atoms. The zero-order chi connectivity index (χ0) is 23.7. The summed E-state index contributed by atoms with van der Waals surface area (Å²) in [5, 5.41) is 3.91. The van der Waals surface area contributed by atoms with Crippen LogP contribution >= 0.6 is 0 Å². The van der Waals surface area contributed by atoms with E-state index in [9.17, 15) is 9.18 Å². The first-order valence-corrected chi connectivity index (χ1v) is 11.2. The van der Waals surface area contributed by atoms with Crippen LogP contribution in [0.25, 0.3) is 16.7 Å². The molecule has 0 atom stereocenters. The van der Waals surface area contributed by atoms with E-state index in [4.69, 9.17) is 9.47 Å². The molecule has 7 nitrogen and oxygen atoms in total. The van der Waals surface area contributed by atoms with E-state index in [1.807, 2.05) is 43.3 Å². The second-order valence-corrected chi connectivity index (χ2v) is 8.13. The van der Waals surface area contributed by atoms with Gasteiger partial charge in [0, 0.05) is 43.7 Å². The number of carbonyl (C=O) groups is 1. The number of piperazine rings is 1. The molecule has 2 aromatic heterocycles. The van der Waals surface area contributed by atoms with Crippen LogP contribution in [-0.4, -0.2) is 53.6 Å². The van der Waals surface area contributed by atoms with Gasteiger partial charge in [-0.05, 0) is 36.8 Å². The van der Waals surface area contributed by atoms with Gasteiger partial charge in [0.1, 0.15) is 17.1 Å². The van der Waals surface area contributed by atoms with Crippen molar-refractivity contribution in [3.63, 3.8) is 0 Å². The fourth-order valence-electron chi connectivity index (χ4n) is 4.17. The normalized spacial score (nSPS) is 13.8. The number of fused-ring (bicyclic) bond motifs is 1. The zero-order valence-electron chi connectivity index (χ0n) is 19.0. The van der Waals surface area contributed by atoms with E-state index in [1.54, 1.807) is 28.7 Å². The Kier molecular flexibility index (Phi) is 5.90. The minimum atomic E-state index is -0.419. The highest BCUT2D eigenvalue weighted by molar-refractivity contribution is 6.09. The fourth-order valence-corrected chi connectivity index (χ4v) is 4.17. The minimum absolute atomic E-state index is 0.155. The standard InChI is InChI=1S/C26H25FN4O3/c1-17-8-9-18(27)16-21(17)34-26-23(25(32)30-14-12-28-13-15-30)20-10-11-22(33-2)29-24(20)31(26)19-6-4-3-5-7-19/h3-11,16,28H,12-15H2,1-2H3. The molecule has 174 valence electrons. The van der Waals surface area contributed by atoms with Crippen molar-refractivity contribution in [2.24, 2.45) is 0 Å². The predicted octanol–water partition coefficient (Wildman–Crippen LogP) is 4.32. The van der Waals surface area contributed by atoms with Crippen molar-refractivity contribution in [3.05, 3.63) is 77.6 Å². The van der Waals surface area contributed by atoms with E-state index < -0.39 is 5.82 Å². The molecule has 8 heteroatoms. The Labute approximate surface area is 196 Å². The Hall–Kier alpha value is -3.91. The Morgan fingerprint density at radius 1 is 1.06 bits per heavy atom. The Bertz CT molecular complexity index is 1350. The van der Waals surface area contributed by atoms with Gasteiger partial charge in [0.15, 0.2) is 5.65 Å². The maximum Gasteiger partial charge on any atom is 0.260 e. The summed E-state index contributed by atoms with van der Waals surface area (Å²) in [6.45, 7) is 4.43. The van der Waals surface area contributed by atoms with Gasteiger partial charge in [0.2, 0.25) is 11.8 Å². The van der Waals surface area contributed by atoms with Crippen LogP contribution in [0.1, 0.15) is 15.9 Å². The molecule has 0 unspecified atom stereocenters. The summed E-state index contributed by atoms with van der Waals surface area (Å²) >= 11 is 0. The molecule has 3 heterocycles. The lowest BCUT2D eigenvalue weighted by Crippen LogP contribution is -2.46. The molecule has 0 aliphatic carbocycles. The first-order chi connectivity index (χ1) is 16.6. The summed E-state index contributed by atoms with van der Waals surface area (Å²) in [6.07, 6.45) is 0. The van der Waals surface area contributed by atoms with Crippen LogP contribution in [0.15, 0.2) is 60.7 Å². The fraction of sp³-hybridized carbons (Fsp3) is 0.231. The van der Waals surface area contributed by atoms with E-state index in [0.717, 1.165) is 11.3 Å². The number of hydrogen-bond acceptors (Lipinski definition) is 5. The molecule has 0 bridgehead atoms. The number of aromatic nitrogens is 2. The van der Waals surface area contributed by atoms with E-state index >= 15 is 0 Å². The zero-order valence-corrected chi connectivity index (χ0v) is 19.0. The molecule has 1 N–H and O–H groups in total. The molecule has 0 radical (unpaired) electrons. The number of aryl methyl sites for hydroxylation is 1. The van der Waals surface area contributed by atoms with Crippen LogP contribution in [0.4, 0.5) is 4.39 Å². The lowest BCUT2D eigenvalue weighted by Gasteiger charge is -2.27. The topological polar surface area (TPSA) is 68.6 Å². The lowest BCUT2D eigenvalue weighted by atomic mass is 10.1. The second kappa shape index (κ2) is 9.15. The van der Waals surface area contributed by atoms with Crippen LogP contribution in [0.2, 0.25) is 0 Å². The third kappa shape index (κ3) is 3.97. The summed E-state index contributed by atoms with van der Waals surface area (Å²) in [7, 11) is 1.55. The third-order valence-electron chi connectivity index (χ3n) is 5.95. The Morgan fingerprint density at radius 3 is 2.56 bits per heavy atom. The smallest absolute Gasteiger partial charge is 0.260 e. The van der Waals surface area contributed by atoms with E-state index in [-0.39, 0.29) is 5.91 Å². The Morgan fingerprint density at radius 2 is 1.82 bits per heavy atom. The number of methoxy groups -OCH3 is 1. The van der Waals surface area contributed by atoms with Gasteiger partial charge in [0.25, 0.3) is 5.91 Å². The van der Waals surface area contributed by atoms with Crippen molar-refractivity contribution >= 4 is 16.9 Å². The minimum Gasteiger partial charge on any atom is -0.481 e. The van der Waals surface area contributed by atoms with Gasteiger partial charge in [-0.2, -0.15) is 4.98 Å². The average Bonchev–Trinajstić information content (AvgIpc) is 3.19. The summed E-state index contributed by atoms with van der Waals surface area (Å²) in [6, 6.07) is 17.4. The Balaban J connectivity index is 1.79. The highest BCUT2D eigenvalue weighted by Gasteiger charge is 2.30. The molecule has 0 saturated carbocycles. The summed E-state index contributed by atoms with van der Waals surface area (Å²) in [5.41, 5.74) is 2.42. The van der Waals surface area contributed by atoms with E-state index in [1.165, 1.54) is 12.1 Å². The van der Waals surface area contributed by atoms with Gasteiger partial charge in [0.05, 0.1) is 12.8 Å². The number of pyridine rings is 1. The molecule has 1 aliphatic heterocycles. The van der Waals surface area contributed by atoms with Gasteiger partial charge in [-0.25, -0.2) is 4.39 Å². The number of benzene rings is 2. The van der Waals surface area contributed by atoms with Gasteiger partial charge in [-0.15, -0.1) is 0 Å². The number of hydrogen-bond donors (Lipinski definition) is 1. The van der Waals surface area contributed by atoms with Crippen molar-refractivity contribution < 1.29 is 18.7 Å². The van der Waals surface area contributed by atoms with Crippen LogP contribution in [0.5, 0.6) is 17.5 Å². The number of nitrogens with one attached hydrogen (secondary N) is 1. The molecular weight excluding hydrogens is 435 g/mol. The number of amides is 1. The molecule has 1 aliphatic rings. The quantitative estimate of drug-likeness (QED) is 0.481. The first-order valence-electron chi connectivity index (χ1n) is 11.2. The van der Waals surface area contributed by atoms with Crippen molar-refractivity contribution in [1.82, 2.24) is 19.8 Å². The molecule has 2 aromatic carbocycles. The molecule has 1 amide bonds. The van der Waals surface area contributed by atoms with Gasteiger partial charge >= 0.3 is 0 Å². The maximum atomic E-state index is 14.1. The highest BCUT2D eigenvalue weighted by atomic mass is 19.1. The maximum absolute atomic E-state index is 14.1. The summed E-state index contributed by atoms with van der Waals surface area (Å²) < 4.78 is 27.6. The van der Waals surface area contributed by atoms with Crippen LogP contribution < -0.4 is 14.8 Å². The van der Waals surface area contributed by atoms with Gasteiger partial charge in [-0.3, -0.25) is 9.36 Å². The molecule has 1 fully saturated rings. The SMILES string of the molecule is COc1ccc2c(C(=O)N3CCNCC3)c(Oc3cc(F)ccc3C)n(-c3ccccc3)c2n1. The number of carbonyl (C=O) groups excluding carboxylic acids is 1. The predicted molar refractivity (Wildman–Crippen MR) is 128 cm³/mol. The first kappa shape index (κ1) is 21.9. The number of rotatable bonds is 5. The lowest BCUT2D eigenvalue weighted by molar-refractivity contribution is 0.0735. The number of para-hydroxylation sites is 1. The second-order valence-electron chi connectivity index (χ2n) is 8.13. The molecule has 34 heavy (non-hydrogen) atoms. The largest absolute Gasteiger partial charge is 0.481 e. The monoisotopic (exact) mass is 460 g/mol. The molecule has 5 rings (SSSR count). The molecule has 1 saturated heterocycles. The van der Waals surface area contributed by atoms with Gasteiger partial charge < -0.3 is 19.7 Å². The summed E-state index contributed by atoms with van der Waals surface area (Å²) in [5.74, 6) is 0.465. The number of nitrogens with zero attached hydrogens (tertiary/aromatic N) is 3. The van der Waals surface area contributed by atoms with Gasteiger partial charge in [-0.1, -0.05) is 24.3 Å². The van der Waals surface area contributed by atoms with Crippen LogP contribution in [0.3, 0.4) is 0 Å². The highest BCUT2D eigenvalue weighted by Crippen LogP contribution is 2.39. The summed E-state index contributed by atoms with van der Waals surface area (Å²) in [4.78, 5) is 20.3. The van der Waals surface area contributed by atoms with Crippen molar-refractivity contribution in [2.75, 3.05) is 33.3 Å². The molecule has 4 aromatic rings. The van der Waals surface area contributed by atoms with E-state index in [2.05, 4.69) is 10.3 Å². The number of ether oxygens (including phenoxy) is 2. The van der Waals surface area contributed by atoms with Crippen molar-refractivity contribution in [1.29, 1.82) is 0 Å². The van der Waals surface area contributed by atoms with Crippen LogP contribution in [-0.2, 0) is 0 Å². The third-order valence-corrected chi connectivity index (χ3v) is 5.95. The number of halogens is 1. The van der Waals surface area contributed by atoms with Crippen molar-refractivity contribution in [3.8, 4) is 23.2 Å². The van der Waals surface area contributed by atoms with Crippen LogP contribution in [0, 0.1) is 12.7 Å². The van der Waals surface area contributed by atoms with E-state index in [0.29, 0.717) is 60.3 Å².